The zero-order chi connectivity index (χ0) is 33.2. The third kappa shape index (κ3) is 4.03. The fourth-order valence-electron chi connectivity index (χ4n) is 8.65. The van der Waals surface area contributed by atoms with Crippen LogP contribution in [0.3, 0.4) is 0 Å². The molecule has 2 aliphatic heterocycles. The Hall–Kier alpha value is -4.71. The molecule has 0 N–H and O–H groups in total. The van der Waals surface area contributed by atoms with Crippen LogP contribution in [0.25, 0.3) is 21.2 Å². The number of anilines is 6. The van der Waals surface area contributed by atoms with E-state index in [2.05, 4.69) is 176 Å². The summed E-state index contributed by atoms with van der Waals surface area (Å²) < 4.78 is 2.79. The summed E-state index contributed by atoms with van der Waals surface area (Å²) in [6, 6.07) is 50.3. The second-order valence-electron chi connectivity index (χ2n) is 14.9. The lowest BCUT2D eigenvalue weighted by atomic mass is 9.36. The summed E-state index contributed by atoms with van der Waals surface area (Å²) in [5.74, 6) is 0. The topological polar surface area (TPSA) is 6.48 Å². The van der Waals surface area contributed by atoms with E-state index in [9.17, 15) is 0 Å². The average Bonchev–Trinajstić information content (AvgIpc) is 3.59. The van der Waals surface area contributed by atoms with Gasteiger partial charge in [0.1, 0.15) is 0 Å². The Morgan fingerprint density at radius 3 is 1.92 bits per heavy atom. The summed E-state index contributed by atoms with van der Waals surface area (Å²) >= 11 is 2.00. The minimum Gasteiger partial charge on any atom is -0.311 e. The average molecular weight is 669 g/mol. The molecule has 0 saturated heterocycles. The number of nitrogens with zero attached hydrogens (tertiary/aromatic N) is 2. The third-order valence-electron chi connectivity index (χ3n) is 11.0. The van der Waals surface area contributed by atoms with E-state index in [0.717, 1.165) is 0 Å². The van der Waals surface area contributed by atoms with E-state index in [1.165, 1.54) is 87.1 Å². The van der Waals surface area contributed by atoms with Crippen molar-refractivity contribution >= 4 is 88.0 Å². The molecule has 238 valence electrons. The van der Waals surface area contributed by atoms with Crippen LogP contribution in [0.1, 0.15) is 25.0 Å². The van der Waals surface area contributed by atoms with Crippen LogP contribution >= 0.6 is 21.4 Å². The minimum absolute atomic E-state index is 0.0438. The van der Waals surface area contributed by atoms with Crippen LogP contribution in [0.15, 0.2) is 138 Å². The quantitative estimate of drug-likeness (QED) is 0.173. The highest BCUT2D eigenvalue weighted by Gasteiger charge is 2.46. The van der Waals surface area contributed by atoms with Crippen molar-refractivity contribution in [3.05, 3.63) is 145 Å². The molecule has 6 aromatic carbocycles. The molecule has 2 nitrogen and oxygen atoms in total. The van der Waals surface area contributed by atoms with Gasteiger partial charge in [0.2, 0.25) is 0 Å². The van der Waals surface area contributed by atoms with E-state index in [1.807, 2.05) is 11.3 Å². The van der Waals surface area contributed by atoms with Crippen LogP contribution in [0.4, 0.5) is 34.1 Å². The van der Waals surface area contributed by atoms with Gasteiger partial charge in [0.15, 0.2) is 0 Å². The number of benzene rings is 6. The minimum atomic E-state index is -1.06. The van der Waals surface area contributed by atoms with Crippen molar-refractivity contribution in [3.8, 4) is 11.1 Å². The molecule has 0 radical (unpaired) electrons. The van der Waals surface area contributed by atoms with Gasteiger partial charge < -0.3 is 9.80 Å². The first-order chi connectivity index (χ1) is 23.7. The van der Waals surface area contributed by atoms with Crippen LogP contribution in [0.5, 0.6) is 0 Å². The van der Waals surface area contributed by atoms with Gasteiger partial charge >= 0.3 is 0 Å². The van der Waals surface area contributed by atoms with Crippen molar-refractivity contribution in [1.29, 1.82) is 0 Å². The van der Waals surface area contributed by atoms with Crippen LogP contribution in [0.2, 0.25) is 0 Å². The molecule has 3 heterocycles. The molecular formula is C44H37BN2S2. The van der Waals surface area contributed by atoms with Gasteiger partial charge in [0, 0.05) is 48.7 Å². The highest BCUT2D eigenvalue weighted by atomic mass is 32.3. The van der Waals surface area contributed by atoms with Crippen LogP contribution < -0.4 is 25.5 Å². The number of rotatable bonds is 3. The molecule has 0 atom stereocenters. The second kappa shape index (κ2) is 10.2. The highest BCUT2D eigenvalue weighted by Crippen LogP contribution is 2.55. The Bertz CT molecular complexity index is 2480. The SMILES string of the molecule is CC1(C)c2ccccc2-c2cc3c4c(sc3cc21)B1c2ccccc2N(c2ccccc2)c2cc(S(C)(C)C)cc(c21)N4c1ccccc1. The highest BCUT2D eigenvalue weighted by molar-refractivity contribution is 8.32. The van der Waals surface area contributed by atoms with E-state index in [1.54, 1.807) is 0 Å². The van der Waals surface area contributed by atoms with Gasteiger partial charge in [-0.25, -0.2) is 10.0 Å². The summed E-state index contributed by atoms with van der Waals surface area (Å²) in [6.07, 6.45) is 7.27. The largest absolute Gasteiger partial charge is 0.311 e. The Balaban J connectivity index is 1.35. The molecule has 0 fully saturated rings. The van der Waals surface area contributed by atoms with Crippen molar-refractivity contribution in [2.45, 2.75) is 24.2 Å². The molecule has 5 heteroatoms. The number of hydrogen-bond donors (Lipinski definition) is 0. The smallest absolute Gasteiger partial charge is 0.264 e. The number of para-hydroxylation sites is 3. The predicted molar refractivity (Wildman–Crippen MR) is 217 cm³/mol. The summed E-state index contributed by atoms with van der Waals surface area (Å²) in [6.45, 7) is 4.91. The fraction of sp³-hybridized carbons (Fsp3) is 0.136. The van der Waals surface area contributed by atoms with E-state index >= 15 is 0 Å². The number of fused-ring (bicyclic) bond motifs is 9. The van der Waals surface area contributed by atoms with Gasteiger partial charge in [0.05, 0.1) is 5.69 Å². The van der Waals surface area contributed by atoms with Crippen LogP contribution in [0, 0.1) is 0 Å². The molecule has 0 unspecified atom stereocenters. The molecule has 0 spiro atoms. The van der Waals surface area contributed by atoms with Gasteiger partial charge in [-0.05, 0) is 111 Å². The first-order valence-electron chi connectivity index (χ1n) is 17.1. The molecule has 3 aliphatic rings. The maximum atomic E-state index is 2.60. The lowest BCUT2D eigenvalue weighted by Gasteiger charge is -2.44. The summed E-state index contributed by atoms with van der Waals surface area (Å²) in [5.41, 5.74) is 15.9. The Morgan fingerprint density at radius 2 is 1.20 bits per heavy atom. The molecule has 7 aromatic rings. The van der Waals surface area contributed by atoms with Gasteiger partial charge in [-0.15, -0.1) is 11.3 Å². The maximum Gasteiger partial charge on any atom is 0.264 e. The number of thiophene rings is 1. The second-order valence-corrected chi connectivity index (χ2v) is 20.2. The lowest BCUT2D eigenvalue weighted by molar-refractivity contribution is 0.661. The van der Waals surface area contributed by atoms with Gasteiger partial charge in [-0.2, -0.15) is 0 Å². The first kappa shape index (κ1) is 29.2. The molecule has 0 amide bonds. The van der Waals surface area contributed by atoms with E-state index in [-0.39, 0.29) is 12.1 Å². The normalized spacial score (nSPS) is 15.4. The molecular weight excluding hydrogens is 631 g/mol. The maximum absolute atomic E-state index is 2.60. The predicted octanol–water partition coefficient (Wildman–Crippen LogP) is 10.3. The van der Waals surface area contributed by atoms with Crippen molar-refractivity contribution in [2.75, 3.05) is 28.6 Å². The Labute approximate surface area is 295 Å². The zero-order valence-electron chi connectivity index (χ0n) is 28.5. The summed E-state index contributed by atoms with van der Waals surface area (Å²) in [5, 5.41) is 1.35. The molecule has 1 aromatic heterocycles. The Kier molecular flexibility index (Phi) is 6.06. The standard InChI is InChI=1S/C44H37BN2S2/c1-44(2)34-21-13-12-20-31(34)32-26-33-40(27-35(32)44)48-43-42(33)47(29-18-10-7-11-19-29)39-25-30(49(3,4)5)24-38-41(39)45(43)36-22-14-15-23-37(36)46(38)28-16-8-6-9-17-28/h6-27H,1-5H3. The van der Waals surface area contributed by atoms with E-state index in [0.29, 0.717) is 0 Å². The number of hydrogen-bond acceptors (Lipinski definition) is 3. The first-order valence-corrected chi connectivity index (χ1v) is 20.8. The Morgan fingerprint density at radius 1 is 0.592 bits per heavy atom. The van der Waals surface area contributed by atoms with Crippen molar-refractivity contribution in [2.24, 2.45) is 0 Å². The van der Waals surface area contributed by atoms with Gasteiger partial charge in [-0.1, -0.05) is 92.7 Å². The van der Waals surface area contributed by atoms with E-state index < -0.39 is 10.0 Å². The fourth-order valence-corrected chi connectivity index (χ4v) is 10.9. The third-order valence-corrected chi connectivity index (χ3v) is 13.8. The van der Waals surface area contributed by atoms with Crippen LogP contribution in [-0.4, -0.2) is 25.5 Å². The van der Waals surface area contributed by atoms with Crippen molar-refractivity contribution < 1.29 is 0 Å². The summed E-state index contributed by atoms with van der Waals surface area (Å²) in [7, 11) is -1.06. The molecule has 1 aliphatic carbocycles. The zero-order valence-corrected chi connectivity index (χ0v) is 30.1. The van der Waals surface area contributed by atoms with E-state index in [4.69, 9.17) is 0 Å². The molecule has 10 rings (SSSR count). The van der Waals surface area contributed by atoms with Crippen LogP contribution in [-0.2, 0) is 5.41 Å². The van der Waals surface area contributed by atoms with Crippen molar-refractivity contribution in [3.63, 3.8) is 0 Å². The lowest BCUT2D eigenvalue weighted by Crippen LogP contribution is -2.60. The van der Waals surface area contributed by atoms with Gasteiger partial charge in [-0.3, -0.25) is 0 Å². The van der Waals surface area contributed by atoms with Crippen molar-refractivity contribution in [1.82, 2.24) is 0 Å². The van der Waals surface area contributed by atoms with Gasteiger partial charge in [0.25, 0.3) is 6.71 Å². The molecule has 0 bridgehead atoms. The molecule has 0 saturated carbocycles. The summed E-state index contributed by atoms with van der Waals surface area (Å²) in [4.78, 5) is 6.54. The molecule has 49 heavy (non-hydrogen) atoms. The monoisotopic (exact) mass is 668 g/mol.